The van der Waals surface area contributed by atoms with Crippen LogP contribution in [-0.4, -0.2) is 48.1 Å². The van der Waals surface area contributed by atoms with Crippen LogP contribution in [0.25, 0.3) is 10.9 Å². The van der Waals surface area contributed by atoms with Crippen molar-refractivity contribution in [2.75, 3.05) is 32.8 Å². The number of carbonyl (C=O) groups is 1. The van der Waals surface area contributed by atoms with Gasteiger partial charge in [0.15, 0.2) is 5.78 Å². The van der Waals surface area contributed by atoms with E-state index in [1.165, 1.54) is 0 Å². The minimum absolute atomic E-state index is 0.0452. The van der Waals surface area contributed by atoms with Crippen molar-refractivity contribution >= 4 is 29.3 Å². The van der Waals surface area contributed by atoms with Crippen molar-refractivity contribution in [2.45, 2.75) is 25.3 Å². The number of nitrogens with zero attached hydrogens (tertiary/aromatic N) is 2. The zero-order chi connectivity index (χ0) is 19.7. The molecule has 0 atom stereocenters. The zero-order valence-corrected chi connectivity index (χ0v) is 17.3. The third-order valence-corrected chi connectivity index (χ3v) is 5.97. The quantitative estimate of drug-likeness (QED) is 0.522. The normalized spacial score (nSPS) is 15.2. The van der Waals surface area contributed by atoms with Crippen LogP contribution in [0.1, 0.15) is 27.2 Å². The van der Waals surface area contributed by atoms with Gasteiger partial charge in [0.25, 0.3) is 0 Å². The molecule has 1 aliphatic heterocycles. The van der Waals surface area contributed by atoms with E-state index in [1.807, 2.05) is 43.3 Å². The van der Waals surface area contributed by atoms with Crippen molar-refractivity contribution in [2.24, 2.45) is 0 Å². The molecular formula is C23H26N2O2S. The summed E-state index contributed by atoms with van der Waals surface area (Å²) in [5.74, 6) is 0.0452. The Morgan fingerprint density at radius 3 is 2.57 bits per heavy atom. The Bertz CT molecular complexity index is 1020. The average molecular weight is 395 g/mol. The summed E-state index contributed by atoms with van der Waals surface area (Å²) in [4.78, 5) is 16.6. The zero-order valence-electron chi connectivity index (χ0n) is 16.4. The van der Waals surface area contributed by atoms with Crippen LogP contribution < -0.4 is 0 Å². The van der Waals surface area contributed by atoms with Gasteiger partial charge in [0.1, 0.15) is 0 Å². The number of rotatable bonds is 5. The van der Waals surface area contributed by atoms with Gasteiger partial charge in [-0.05, 0) is 37.6 Å². The van der Waals surface area contributed by atoms with Crippen molar-refractivity contribution in [1.29, 1.82) is 0 Å². The summed E-state index contributed by atoms with van der Waals surface area (Å²) in [6.07, 6.45) is 0. The SMILES string of the molecule is Cc1ccc(C(=O)c2c(C)n(CCN3CCOCC3)c3ccccc23)c(S)c1. The Morgan fingerprint density at radius 1 is 1.07 bits per heavy atom. The second-order valence-electron chi connectivity index (χ2n) is 7.43. The lowest BCUT2D eigenvalue weighted by Gasteiger charge is -2.27. The van der Waals surface area contributed by atoms with Crippen molar-refractivity contribution < 1.29 is 9.53 Å². The van der Waals surface area contributed by atoms with E-state index < -0.39 is 0 Å². The number of ketones is 1. The molecular weight excluding hydrogens is 368 g/mol. The van der Waals surface area contributed by atoms with E-state index in [0.717, 1.165) is 72.0 Å². The lowest BCUT2D eigenvalue weighted by Crippen LogP contribution is -2.38. The molecule has 0 bridgehead atoms. The first-order chi connectivity index (χ1) is 13.6. The van der Waals surface area contributed by atoms with Gasteiger partial charge >= 0.3 is 0 Å². The van der Waals surface area contributed by atoms with Crippen molar-refractivity contribution in [3.05, 3.63) is 64.8 Å². The molecule has 0 radical (unpaired) electrons. The monoisotopic (exact) mass is 394 g/mol. The molecule has 0 spiro atoms. The summed E-state index contributed by atoms with van der Waals surface area (Å²) in [6, 6.07) is 14.0. The van der Waals surface area contributed by atoms with Crippen LogP contribution in [0.5, 0.6) is 0 Å². The largest absolute Gasteiger partial charge is 0.379 e. The Labute approximate surface area is 171 Å². The maximum Gasteiger partial charge on any atom is 0.196 e. The number of ether oxygens (including phenoxy) is 1. The van der Waals surface area contributed by atoms with Crippen LogP contribution in [0.4, 0.5) is 0 Å². The van der Waals surface area contributed by atoms with Crippen molar-refractivity contribution in [1.82, 2.24) is 9.47 Å². The summed E-state index contributed by atoms with van der Waals surface area (Å²) in [7, 11) is 0. The van der Waals surface area contributed by atoms with Crippen LogP contribution in [0, 0.1) is 13.8 Å². The minimum Gasteiger partial charge on any atom is -0.379 e. The van der Waals surface area contributed by atoms with Gasteiger partial charge in [0.05, 0.1) is 18.8 Å². The van der Waals surface area contributed by atoms with Crippen LogP contribution in [-0.2, 0) is 11.3 Å². The number of carbonyl (C=O) groups excluding carboxylic acids is 1. The van der Waals surface area contributed by atoms with E-state index in [4.69, 9.17) is 4.74 Å². The highest BCUT2D eigenvalue weighted by atomic mass is 32.1. The molecule has 0 N–H and O–H groups in total. The topological polar surface area (TPSA) is 34.5 Å². The number of aryl methyl sites for hydroxylation is 1. The Balaban J connectivity index is 1.72. The molecule has 0 aliphatic carbocycles. The maximum absolute atomic E-state index is 13.4. The maximum atomic E-state index is 13.4. The van der Waals surface area contributed by atoms with Gasteiger partial charge in [-0.2, -0.15) is 0 Å². The Hall–Kier alpha value is -2.08. The van der Waals surface area contributed by atoms with Gasteiger partial charge in [-0.1, -0.05) is 24.3 Å². The van der Waals surface area contributed by atoms with Crippen LogP contribution >= 0.6 is 12.6 Å². The molecule has 2 heterocycles. The molecule has 1 fully saturated rings. The summed E-state index contributed by atoms with van der Waals surface area (Å²) < 4.78 is 7.73. The van der Waals surface area contributed by atoms with Gasteiger partial charge < -0.3 is 9.30 Å². The fourth-order valence-corrected chi connectivity index (χ4v) is 4.42. The number of hydrogen-bond acceptors (Lipinski definition) is 4. The predicted molar refractivity (Wildman–Crippen MR) is 116 cm³/mol. The number of morpholine rings is 1. The molecule has 4 rings (SSSR count). The number of aromatic nitrogens is 1. The third-order valence-electron chi connectivity index (χ3n) is 5.60. The second-order valence-corrected chi connectivity index (χ2v) is 7.91. The fourth-order valence-electron chi connectivity index (χ4n) is 4.04. The van der Waals surface area contributed by atoms with Gasteiger partial charge in [0, 0.05) is 53.2 Å². The number of hydrogen-bond donors (Lipinski definition) is 1. The highest BCUT2D eigenvalue weighted by Crippen LogP contribution is 2.30. The number of fused-ring (bicyclic) bond motifs is 1. The van der Waals surface area contributed by atoms with E-state index in [-0.39, 0.29) is 5.78 Å². The van der Waals surface area contributed by atoms with E-state index in [2.05, 4.69) is 35.1 Å². The summed E-state index contributed by atoms with van der Waals surface area (Å²) >= 11 is 4.56. The van der Waals surface area contributed by atoms with Crippen LogP contribution in [0.3, 0.4) is 0 Å². The molecule has 1 aromatic heterocycles. The van der Waals surface area contributed by atoms with Crippen molar-refractivity contribution in [3.63, 3.8) is 0 Å². The van der Waals surface area contributed by atoms with E-state index in [1.54, 1.807) is 0 Å². The first-order valence-electron chi connectivity index (χ1n) is 9.78. The van der Waals surface area contributed by atoms with Crippen LogP contribution in [0.15, 0.2) is 47.4 Å². The van der Waals surface area contributed by atoms with Crippen LogP contribution in [0.2, 0.25) is 0 Å². The number of benzene rings is 2. The summed E-state index contributed by atoms with van der Waals surface area (Å²) in [6.45, 7) is 9.42. The molecule has 5 heteroatoms. The van der Waals surface area contributed by atoms with Gasteiger partial charge in [-0.25, -0.2) is 0 Å². The lowest BCUT2D eigenvalue weighted by molar-refractivity contribution is 0.0365. The smallest absolute Gasteiger partial charge is 0.196 e. The second kappa shape index (κ2) is 8.11. The highest BCUT2D eigenvalue weighted by Gasteiger charge is 2.22. The Morgan fingerprint density at radius 2 is 1.82 bits per heavy atom. The fraction of sp³-hybridized carbons (Fsp3) is 0.348. The molecule has 3 aromatic rings. The first-order valence-corrected chi connectivity index (χ1v) is 10.2. The van der Waals surface area contributed by atoms with E-state index >= 15 is 0 Å². The standard InChI is InChI=1S/C23H26N2O2S/c1-16-7-8-19(21(28)15-16)23(26)22-17(2)25(20-6-4-3-5-18(20)22)10-9-24-11-13-27-14-12-24/h3-8,15,28H,9-14H2,1-2H3. The minimum atomic E-state index is 0.0452. The van der Waals surface area contributed by atoms with Crippen molar-refractivity contribution in [3.8, 4) is 0 Å². The summed E-state index contributed by atoms with van der Waals surface area (Å²) in [5, 5.41) is 1.01. The highest BCUT2D eigenvalue weighted by molar-refractivity contribution is 7.80. The van der Waals surface area contributed by atoms with E-state index in [0.29, 0.717) is 5.56 Å². The molecule has 0 saturated carbocycles. The number of para-hydroxylation sites is 1. The van der Waals surface area contributed by atoms with Gasteiger partial charge in [0.2, 0.25) is 0 Å². The molecule has 1 aliphatic rings. The molecule has 4 nitrogen and oxygen atoms in total. The molecule has 0 amide bonds. The van der Waals surface area contributed by atoms with Gasteiger partial charge in [-0.15, -0.1) is 12.6 Å². The number of thiol groups is 1. The van der Waals surface area contributed by atoms with Gasteiger partial charge in [-0.3, -0.25) is 9.69 Å². The Kier molecular flexibility index (Phi) is 5.58. The van der Waals surface area contributed by atoms with E-state index in [9.17, 15) is 4.79 Å². The molecule has 0 unspecified atom stereocenters. The molecule has 146 valence electrons. The average Bonchev–Trinajstić information content (AvgIpc) is 2.98. The first kappa shape index (κ1) is 19.2. The third kappa shape index (κ3) is 3.62. The summed E-state index contributed by atoms with van der Waals surface area (Å²) in [5.41, 5.74) is 4.69. The molecule has 2 aromatic carbocycles. The molecule has 28 heavy (non-hydrogen) atoms. The lowest BCUT2D eigenvalue weighted by atomic mass is 9.99. The predicted octanol–water partition coefficient (Wildman–Crippen LogP) is 4.11. The molecule has 1 saturated heterocycles.